The van der Waals surface area contributed by atoms with Crippen LogP contribution in [0.5, 0.6) is 11.9 Å². The second-order valence-corrected chi connectivity index (χ2v) is 20.1. The van der Waals surface area contributed by atoms with E-state index >= 15 is 0 Å². The number of likely N-dealkylation sites (N-methyl/N-ethyl adjacent to an activating group) is 1. The Morgan fingerprint density at radius 3 is 2.52 bits per heavy atom. The Morgan fingerprint density at radius 1 is 1.04 bits per heavy atom. The molecule has 3 fully saturated rings. The van der Waals surface area contributed by atoms with E-state index in [-0.39, 0.29) is 72.2 Å². The second kappa shape index (κ2) is 13.5. The van der Waals surface area contributed by atoms with Crippen molar-refractivity contribution in [2.45, 2.75) is 83.5 Å². The highest BCUT2D eigenvalue weighted by Gasteiger charge is 2.46. The summed E-state index contributed by atoms with van der Waals surface area (Å²) in [5.74, 6) is 0.664. The molecule has 15 nitrogen and oxygen atoms in total. The van der Waals surface area contributed by atoms with Crippen LogP contribution in [-0.2, 0) is 20.6 Å². The third-order valence-corrected chi connectivity index (χ3v) is 14.8. The third kappa shape index (κ3) is 7.48. The van der Waals surface area contributed by atoms with Gasteiger partial charge in [0, 0.05) is 49.2 Å². The van der Waals surface area contributed by atoms with E-state index in [1.54, 1.807) is 12.3 Å². The molecule has 274 valence electrons. The van der Waals surface area contributed by atoms with E-state index in [2.05, 4.69) is 59.1 Å². The predicted molar refractivity (Wildman–Crippen MR) is 194 cm³/mol. The van der Waals surface area contributed by atoms with E-state index < -0.39 is 8.32 Å². The number of carbonyl (C=O) groups excluding carboxylic acids is 3. The van der Waals surface area contributed by atoms with Crippen LogP contribution in [0.3, 0.4) is 0 Å². The van der Waals surface area contributed by atoms with Gasteiger partial charge in [-0.05, 0) is 67.9 Å². The van der Waals surface area contributed by atoms with Gasteiger partial charge in [0.2, 0.25) is 17.7 Å². The van der Waals surface area contributed by atoms with E-state index in [4.69, 9.17) is 18.9 Å². The molecular weight excluding hydrogens is 683 g/mol. The van der Waals surface area contributed by atoms with Gasteiger partial charge in [-0.25, -0.2) is 19.7 Å². The van der Waals surface area contributed by atoms with E-state index in [1.165, 1.54) is 11.9 Å². The molecule has 1 saturated heterocycles. The van der Waals surface area contributed by atoms with Crippen molar-refractivity contribution < 1.29 is 28.3 Å². The summed E-state index contributed by atoms with van der Waals surface area (Å²) < 4.78 is 20.2. The standard InChI is InChI=1S/C36H45N9O6Si/c1-21-10-11-37-31(38-21)25-15-26(25)33(47)40-28-16-29(42-34(41-28)49-12-13-51-52(6,7)36(2,3)4)50-20-24-18-44-17-23(22-8-9-22)14-27(32(44)39-24)45-19-30(46)43(5)35(45)48/h10-11,14,16-18,22,25-26H,8-9,12-13,15,19-20H2,1-7H3,(H,40,41,42,47)/t25-,26-/m0/s1. The fraction of sp³-hybridized carbons (Fsp3) is 0.500. The normalized spacial score (nSPS) is 19.1. The molecule has 4 aromatic heterocycles. The molecule has 3 aliphatic rings. The Hall–Kier alpha value is -4.96. The lowest BCUT2D eigenvalue weighted by Crippen LogP contribution is -2.41. The second-order valence-electron chi connectivity index (χ2n) is 15.3. The molecule has 1 aliphatic heterocycles. The zero-order chi connectivity index (χ0) is 36.9. The summed E-state index contributed by atoms with van der Waals surface area (Å²) in [6.07, 6.45) is 8.35. The first-order chi connectivity index (χ1) is 24.7. The number of hydrogen-bond donors (Lipinski definition) is 1. The summed E-state index contributed by atoms with van der Waals surface area (Å²) in [5, 5.41) is 2.96. The zero-order valence-electron chi connectivity index (χ0n) is 30.7. The van der Waals surface area contributed by atoms with Gasteiger partial charge in [-0.2, -0.15) is 9.97 Å². The molecule has 0 bridgehead atoms. The summed E-state index contributed by atoms with van der Waals surface area (Å²) in [5.41, 5.74) is 3.64. The summed E-state index contributed by atoms with van der Waals surface area (Å²) in [6.45, 7) is 13.3. The Kier molecular flexibility index (Phi) is 9.23. The molecule has 0 unspecified atom stereocenters. The summed E-state index contributed by atoms with van der Waals surface area (Å²) >= 11 is 0. The van der Waals surface area contributed by atoms with Crippen molar-refractivity contribution in [1.82, 2.24) is 34.2 Å². The van der Waals surface area contributed by atoms with Gasteiger partial charge >= 0.3 is 12.0 Å². The number of anilines is 2. The minimum Gasteiger partial charge on any atom is -0.471 e. The molecule has 0 radical (unpaired) electrons. The minimum absolute atomic E-state index is 0.0282. The van der Waals surface area contributed by atoms with E-state index in [1.807, 2.05) is 35.9 Å². The lowest BCUT2D eigenvalue weighted by atomic mass is 10.1. The Bertz CT molecular complexity index is 2040. The predicted octanol–water partition coefficient (Wildman–Crippen LogP) is 5.22. The van der Waals surface area contributed by atoms with Crippen LogP contribution in [0.25, 0.3) is 5.65 Å². The van der Waals surface area contributed by atoms with Crippen LogP contribution in [0, 0.1) is 12.8 Å². The minimum atomic E-state index is -1.99. The SMILES string of the molecule is Cc1ccnc([C@H]2C[C@@H]2C(=O)Nc2cc(OCc3cn4cc(C5CC5)cc(N5CC(=O)N(C)C5=O)c4n3)nc(OCCO[Si](C)(C)C(C)(C)C)n2)n1. The molecule has 1 N–H and O–H groups in total. The van der Waals surface area contributed by atoms with Crippen LogP contribution in [0.4, 0.5) is 16.3 Å². The highest BCUT2D eigenvalue weighted by molar-refractivity contribution is 6.74. The van der Waals surface area contributed by atoms with Crippen LogP contribution in [0.2, 0.25) is 18.1 Å². The van der Waals surface area contributed by atoms with Crippen LogP contribution in [-0.4, -0.2) is 87.2 Å². The molecule has 0 spiro atoms. The van der Waals surface area contributed by atoms with Gasteiger partial charge in [-0.3, -0.25) is 19.4 Å². The number of fused-ring (bicyclic) bond motifs is 1. The number of imide groups is 1. The third-order valence-electron chi connectivity index (χ3n) is 10.3. The fourth-order valence-corrected chi connectivity index (χ4v) is 6.91. The summed E-state index contributed by atoms with van der Waals surface area (Å²) in [6, 6.07) is 4.99. The maximum Gasteiger partial charge on any atom is 0.331 e. The maximum atomic E-state index is 13.3. The quantitative estimate of drug-likeness (QED) is 0.109. The van der Waals surface area contributed by atoms with Gasteiger partial charge < -0.3 is 23.6 Å². The van der Waals surface area contributed by atoms with Crippen LogP contribution >= 0.6 is 0 Å². The Balaban J connectivity index is 1.09. The largest absolute Gasteiger partial charge is 0.471 e. The van der Waals surface area contributed by atoms with Gasteiger partial charge in [0.15, 0.2) is 14.0 Å². The number of ether oxygens (including phenoxy) is 2. The molecule has 16 heteroatoms. The average molecular weight is 728 g/mol. The molecule has 7 rings (SSSR count). The van der Waals surface area contributed by atoms with Crippen molar-refractivity contribution >= 4 is 43.3 Å². The average Bonchev–Trinajstić information content (AvgIpc) is 4.02. The molecule has 4 aromatic rings. The number of imidazole rings is 1. The number of hydrogen-bond acceptors (Lipinski definition) is 11. The van der Waals surface area contributed by atoms with Gasteiger partial charge in [-0.1, -0.05) is 20.8 Å². The zero-order valence-corrected chi connectivity index (χ0v) is 31.7. The highest BCUT2D eigenvalue weighted by Crippen LogP contribution is 2.46. The number of nitrogens with zero attached hydrogens (tertiary/aromatic N) is 8. The number of rotatable bonds is 13. The van der Waals surface area contributed by atoms with Gasteiger partial charge in [0.05, 0.1) is 18.0 Å². The number of pyridine rings is 1. The number of carbonyl (C=O) groups is 3. The molecule has 5 heterocycles. The lowest BCUT2D eigenvalue weighted by Gasteiger charge is -2.36. The molecule has 2 aliphatic carbocycles. The number of urea groups is 1. The van der Waals surface area contributed by atoms with E-state index in [0.717, 1.165) is 29.0 Å². The van der Waals surface area contributed by atoms with Crippen molar-refractivity contribution in [3.63, 3.8) is 0 Å². The van der Waals surface area contributed by atoms with Crippen molar-refractivity contribution in [2.75, 3.05) is 37.0 Å². The Morgan fingerprint density at radius 2 is 1.83 bits per heavy atom. The maximum absolute atomic E-state index is 13.3. The highest BCUT2D eigenvalue weighted by atomic mass is 28.4. The molecule has 2 atom stereocenters. The smallest absolute Gasteiger partial charge is 0.331 e. The number of amides is 4. The van der Waals surface area contributed by atoms with Crippen molar-refractivity contribution in [3.05, 3.63) is 59.6 Å². The molecule has 4 amide bonds. The van der Waals surface area contributed by atoms with Crippen LogP contribution < -0.4 is 19.7 Å². The van der Waals surface area contributed by atoms with E-state index in [9.17, 15) is 14.4 Å². The van der Waals surface area contributed by atoms with Crippen molar-refractivity contribution in [2.24, 2.45) is 5.92 Å². The lowest BCUT2D eigenvalue weighted by molar-refractivity contribution is -0.124. The molecule has 0 aromatic carbocycles. The first-order valence-electron chi connectivity index (χ1n) is 17.7. The topological polar surface area (TPSA) is 166 Å². The monoisotopic (exact) mass is 727 g/mol. The van der Waals surface area contributed by atoms with Gasteiger partial charge in [0.1, 0.15) is 31.4 Å². The van der Waals surface area contributed by atoms with Gasteiger partial charge in [0.25, 0.3) is 0 Å². The fourth-order valence-electron chi connectivity index (χ4n) is 5.88. The molecular formula is C36H45N9O6Si. The van der Waals surface area contributed by atoms with Crippen LogP contribution in [0.15, 0.2) is 36.8 Å². The summed E-state index contributed by atoms with van der Waals surface area (Å²) in [7, 11) is -0.505. The van der Waals surface area contributed by atoms with Crippen molar-refractivity contribution in [3.8, 4) is 11.9 Å². The number of aryl methyl sites for hydroxylation is 1. The Labute approximate surface area is 303 Å². The first kappa shape index (κ1) is 35.4. The van der Waals surface area contributed by atoms with E-state index in [0.29, 0.717) is 41.8 Å². The van der Waals surface area contributed by atoms with Crippen LogP contribution in [0.1, 0.15) is 74.6 Å². The number of nitrogens with one attached hydrogen (secondary N) is 1. The van der Waals surface area contributed by atoms with Gasteiger partial charge in [-0.15, -0.1) is 0 Å². The molecule has 52 heavy (non-hydrogen) atoms. The summed E-state index contributed by atoms with van der Waals surface area (Å²) in [4.78, 5) is 63.8. The number of aromatic nitrogens is 6. The van der Waals surface area contributed by atoms with Crippen molar-refractivity contribution in [1.29, 1.82) is 0 Å². The first-order valence-corrected chi connectivity index (χ1v) is 20.6. The molecule has 2 saturated carbocycles.